The highest BCUT2D eigenvalue weighted by Crippen LogP contribution is 2.24. The molecule has 0 amide bonds. The third-order valence-electron chi connectivity index (χ3n) is 3.45. The number of rotatable bonds is 6. The van der Waals surface area contributed by atoms with Gasteiger partial charge >= 0.3 is 0 Å². The van der Waals surface area contributed by atoms with Gasteiger partial charge in [0, 0.05) is 19.6 Å². The summed E-state index contributed by atoms with van der Waals surface area (Å²) in [6.45, 7) is 2.57. The first-order valence-electron chi connectivity index (χ1n) is 7.05. The van der Waals surface area contributed by atoms with Crippen LogP contribution in [0.25, 0.3) is 0 Å². The van der Waals surface area contributed by atoms with Crippen LogP contribution in [0.5, 0.6) is 0 Å². The molecule has 0 aromatic heterocycles. The van der Waals surface area contributed by atoms with Crippen molar-refractivity contribution in [1.29, 1.82) is 0 Å². The number of sulfonamides is 1. The first-order valence-corrected chi connectivity index (χ1v) is 8.53. The minimum absolute atomic E-state index is 0.264. The Morgan fingerprint density at radius 3 is 2.52 bits per heavy atom. The molecule has 3 N–H and O–H groups in total. The summed E-state index contributed by atoms with van der Waals surface area (Å²) in [4.78, 5) is 6.59. The molecule has 1 aliphatic carbocycles. The van der Waals surface area contributed by atoms with Gasteiger partial charge in [0.15, 0.2) is 5.96 Å². The van der Waals surface area contributed by atoms with Gasteiger partial charge in [-0.1, -0.05) is 19.1 Å². The Hall–Kier alpha value is -1.60. The standard InChI is InChI=1S/C14H22N4O2S/c1-3-17-21(19,20)13-8-4-11(5-9-13)10-16-14(15)18(2)12-6-7-12/h4-5,8-9,12,17H,3,6-7,10H2,1-2H3,(H2,15,16). The Bertz CT molecular complexity index is 606. The molecule has 0 heterocycles. The zero-order valence-electron chi connectivity index (χ0n) is 12.4. The Labute approximate surface area is 126 Å². The first-order chi connectivity index (χ1) is 9.94. The first kappa shape index (κ1) is 15.8. The largest absolute Gasteiger partial charge is 0.370 e. The van der Waals surface area contributed by atoms with E-state index in [0.717, 1.165) is 5.56 Å². The number of benzene rings is 1. The zero-order valence-corrected chi connectivity index (χ0v) is 13.2. The summed E-state index contributed by atoms with van der Waals surface area (Å²) in [5, 5.41) is 0. The molecular formula is C14H22N4O2S. The molecule has 0 unspecified atom stereocenters. The van der Waals surface area contributed by atoms with Crippen molar-refractivity contribution >= 4 is 16.0 Å². The Kier molecular flexibility index (Phi) is 4.84. The fourth-order valence-electron chi connectivity index (χ4n) is 1.98. The highest BCUT2D eigenvalue weighted by Gasteiger charge is 2.27. The number of nitrogens with one attached hydrogen (secondary N) is 1. The second-order valence-electron chi connectivity index (χ2n) is 5.16. The van der Waals surface area contributed by atoms with Crippen LogP contribution in [0.3, 0.4) is 0 Å². The number of nitrogens with zero attached hydrogens (tertiary/aromatic N) is 2. The number of hydrogen-bond acceptors (Lipinski definition) is 3. The molecule has 0 saturated heterocycles. The van der Waals surface area contributed by atoms with Crippen LogP contribution < -0.4 is 10.5 Å². The van der Waals surface area contributed by atoms with E-state index in [1.165, 1.54) is 12.8 Å². The van der Waals surface area contributed by atoms with Gasteiger partial charge in [0.2, 0.25) is 10.0 Å². The van der Waals surface area contributed by atoms with E-state index in [-0.39, 0.29) is 4.90 Å². The van der Waals surface area contributed by atoms with Crippen molar-refractivity contribution in [3.8, 4) is 0 Å². The average Bonchev–Trinajstić information content (AvgIpc) is 3.29. The third-order valence-corrected chi connectivity index (χ3v) is 5.01. The van der Waals surface area contributed by atoms with Crippen molar-refractivity contribution in [3.05, 3.63) is 29.8 Å². The maximum atomic E-state index is 11.8. The Morgan fingerprint density at radius 1 is 1.38 bits per heavy atom. The summed E-state index contributed by atoms with van der Waals surface area (Å²) in [6, 6.07) is 7.23. The lowest BCUT2D eigenvalue weighted by Crippen LogP contribution is -2.35. The second kappa shape index (κ2) is 6.44. The van der Waals surface area contributed by atoms with Gasteiger partial charge in [-0.3, -0.25) is 0 Å². The number of guanidine groups is 1. The van der Waals surface area contributed by atoms with Crippen molar-refractivity contribution in [1.82, 2.24) is 9.62 Å². The molecule has 0 spiro atoms. The fraction of sp³-hybridized carbons (Fsp3) is 0.500. The van der Waals surface area contributed by atoms with Gasteiger partial charge in [0.25, 0.3) is 0 Å². The third kappa shape index (κ3) is 4.18. The maximum absolute atomic E-state index is 11.8. The van der Waals surface area contributed by atoms with Crippen molar-refractivity contribution in [3.63, 3.8) is 0 Å². The van der Waals surface area contributed by atoms with Crippen LogP contribution in [-0.2, 0) is 16.6 Å². The average molecular weight is 310 g/mol. The summed E-state index contributed by atoms with van der Waals surface area (Å²) in [5.74, 6) is 0.529. The SMILES string of the molecule is CCNS(=O)(=O)c1ccc(CN=C(N)N(C)C2CC2)cc1. The monoisotopic (exact) mass is 310 g/mol. The van der Waals surface area contributed by atoms with E-state index in [4.69, 9.17) is 5.73 Å². The van der Waals surface area contributed by atoms with Crippen molar-refractivity contribution in [2.45, 2.75) is 37.2 Å². The van der Waals surface area contributed by atoms with Gasteiger partial charge in [0.05, 0.1) is 11.4 Å². The summed E-state index contributed by atoms with van der Waals surface area (Å²) in [5.41, 5.74) is 6.84. The molecule has 1 saturated carbocycles. The van der Waals surface area contributed by atoms with Crippen molar-refractivity contribution < 1.29 is 8.42 Å². The van der Waals surface area contributed by atoms with Crippen LogP contribution in [-0.4, -0.2) is 38.9 Å². The number of hydrogen-bond donors (Lipinski definition) is 2. The molecule has 2 rings (SSSR count). The molecule has 1 fully saturated rings. The van der Waals surface area contributed by atoms with E-state index >= 15 is 0 Å². The van der Waals surface area contributed by atoms with E-state index in [9.17, 15) is 8.42 Å². The predicted molar refractivity (Wildman–Crippen MR) is 83.4 cm³/mol. The van der Waals surface area contributed by atoms with Gasteiger partial charge in [-0.05, 0) is 30.5 Å². The summed E-state index contributed by atoms with van der Waals surface area (Å²) < 4.78 is 26.1. The molecule has 0 bridgehead atoms. The van der Waals surface area contributed by atoms with Gasteiger partial charge in [-0.2, -0.15) is 0 Å². The lowest BCUT2D eigenvalue weighted by atomic mass is 10.2. The highest BCUT2D eigenvalue weighted by molar-refractivity contribution is 7.89. The van der Waals surface area contributed by atoms with Gasteiger partial charge in [-0.15, -0.1) is 0 Å². The van der Waals surface area contributed by atoms with E-state index in [1.807, 2.05) is 11.9 Å². The van der Waals surface area contributed by atoms with Gasteiger partial charge in [-0.25, -0.2) is 18.1 Å². The van der Waals surface area contributed by atoms with Crippen LogP contribution in [0, 0.1) is 0 Å². The van der Waals surface area contributed by atoms with Gasteiger partial charge in [0.1, 0.15) is 0 Å². The van der Waals surface area contributed by atoms with Crippen LogP contribution in [0.4, 0.5) is 0 Å². The minimum atomic E-state index is -3.39. The van der Waals surface area contributed by atoms with E-state index < -0.39 is 10.0 Å². The lowest BCUT2D eigenvalue weighted by molar-refractivity contribution is 0.487. The summed E-state index contributed by atoms with van der Waals surface area (Å²) >= 11 is 0. The number of aliphatic imine (C=N–C) groups is 1. The molecule has 0 atom stereocenters. The topological polar surface area (TPSA) is 87.8 Å². The highest BCUT2D eigenvalue weighted by atomic mass is 32.2. The normalized spacial score (nSPS) is 16.0. The zero-order chi connectivity index (χ0) is 15.5. The van der Waals surface area contributed by atoms with Crippen LogP contribution >= 0.6 is 0 Å². The molecule has 6 nitrogen and oxygen atoms in total. The van der Waals surface area contributed by atoms with Crippen molar-refractivity contribution in [2.24, 2.45) is 10.7 Å². The van der Waals surface area contributed by atoms with E-state index in [2.05, 4.69) is 9.71 Å². The molecule has 1 aromatic rings. The lowest BCUT2D eigenvalue weighted by Gasteiger charge is -2.16. The van der Waals surface area contributed by atoms with Crippen LogP contribution in [0.15, 0.2) is 34.2 Å². The van der Waals surface area contributed by atoms with Crippen LogP contribution in [0.2, 0.25) is 0 Å². The quantitative estimate of drug-likeness (QED) is 0.603. The molecule has 0 radical (unpaired) electrons. The molecule has 21 heavy (non-hydrogen) atoms. The Morgan fingerprint density at radius 2 is 2.00 bits per heavy atom. The number of nitrogens with two attached hydrogens (primary N) is 1. The van der Waals surface area contributed by atoms with E-state index in [0.29, 0.717) is 25.1 Å². The molecule has 7 heteroatoms. The molecule has 1 aromatic carbocycles. The maximum Gasteiger partial charge on any atom is 0.240 e. The van der Waals surface area contributed by atoms with Crippen molar-refractivity contribution in [2.75, 3.05) is 13.6 Å². The fourth-order valence-corrected chi connectivity index (χ4v) is 3.02. The van der Waals surface area contributed by atoms with Gasteiger partial charge < -0.3 is 10.6 Å². The smallest absolute Gasteiger partial charge is 0.240 e. The molecular weight excluding hydrogens is 288 g/mol. The minimum Gasteiger partial charge on any atom is -0.370 e. The van der Waals surface area contributed by atoms with Crippen LogP contribution in [0.1, 0.15) is 25.3 Å². The second-order valence-corrected chi connectivity index (χ2v) is 6.93. The Balaban J connectivity index is 2.01. The molecule has 116 valence electrons. The molecule has 0 aliphatic heterocycles. The molecule has 1 aliphatic rings. The summed E-state index contributed by atoms with van der Waals surface area (Å²) in [7, 11) is -1.45. The predicted octanol–water partition coefficient (Wildman–Crippen LogP) is 0.894. The van der Waals surface area contributed by atoms with E-state index in [1.54, 1.807) is 31.2 Å². The summed E-state index contributed by atoms with van der Waals surface area (Å²) in [6.07, 6.45) is 2.34.